The van der Waals surface area contributed by atoms with E-state index in [2.05, 4.69) is 0 Å². The fourth-order valence-electron chi connectivity index (χ4n) is 2.45. The van der Waals surface area contributed by atoms with E-state index >= 15 is 0 Å². The van der Waals surface area contributed by atoms with Gasteiger partial charge in [-0.1, -0.05) is 13.8 Å². The van der Waals surface area contributed by atoms with Gasteiger partial charge in [-0.2, -0.15) is 0 Å². The molecule has 114 valence electrons. The predicted octanol–water partition coefficient (Wildman–Crippen LogP) is 1.23. The third-order valence-electron chi connectivity index (χ3n) is 3.66. The Bertz CT molecular complexity index is 552. The molecule has 0 aromatic heterocycles. The van der Waals surface area contributed by atoms with E-state index < -0.39 is 11.7 Å². The molecule has 2 rings (SSSR count). The summed E-state index contributed by atoms with van der Waals surface area (Å²) in [4.78, 5) is 26.6. The normalized spacial score (nSPS) is 15.4. The molecule has 1 heterocycles. The van der Waals surface area contributed by atoms with Crippen LogP contribution in [0.4, 0.5) is 10.1 Å². The summed E-state index contributed by atoms with van der Waals surface area (Å²) in [5.41, 5.74) is 5.73. The number of amides is 2. The van der Waals surface area contributed by atoms with Gasteiger partial charge in [0, 0.05) is 37.7 Å². The first kappa shape index (κ1) is 15.3. The van der Waals surface area contributed by atoms with Gasteiger partial charge in [0.2, 0.25) is 11.8 Å². The Kier molecular flexibility index (Phi) is 4.45. The predicted molar refractivity (Wildman–Crippen MR) is 78.5 cm³/mol. The molecule has 1 aliphatic heterocycles. The molecule has 1 aromatic rings. The van der Waals surface area contributed by atoms with Crippen LogP contribution in [0.5, 0.6) is 0 Å². The second-order valence-electron chi connectivity index (χ2n) is 5.50. The van der Waals surface area contributed by atoms with E-state index in [0.717, 1.165) is 6.07 Å². The number of anilines is 1. The number of benzene rings is 1. The van der Waals surface area contributed by atoms with Gasteiger partial charge in [-0.15, -0.1) is 0 Å². The van der Waals surface area contributed by atoms with Crippen molar-refractivity contribution in [2.75, 3.05) is 31.1 Å². The summed E-state index contributed by atoms with van der Waals surface area (Å²) >= 11 is 0. The Morgan fingerprint density at radius 2 is 1.81 bits per heavy atom. The second kappa shape index (κ2) is 6.11. The molecule has 2 amide bonds. The zero-order valence-corrected chi connectivity index (χ0v) is 12.3. The van der Waals surface area contributed by atoms with E-state index in [1.807, 2.05) is 18.7 Å². The maximum atomic E-state index is 14.0. The molecule has 0 spiro atoms. The highest BCUT2D eigenvalue weighted by Crippen LogP contribution is 2.22. The van der Waals surface area contributed by atoms with Crippen molar-refractivity contribution in [3.8, 4) is 0 Å². The van der Waals surface area contributed by atoms with Gasteiger partial charge in [0.1, 0.15) is 5.82 Å². The number of nitrogens with two attached hydrogens (primary N) is 1. The van der Waals surface area contributed by atoms with Crippen LogP contribution in [-0.2, 0) is 4.79 Å². The van der Waals surface area contributed by atoms with Crippen molar-refractivity contribution in [1.29, 1.82) is 0 Å². The Morgan fingerprint density at radius 1 is 1.19 bits per heavy atom. The standard InChI is InChI=1S/C15H20FN3O2/c1-10(2)15(21)19-7-5-18(6-8-19)13-4-3-11(14(17)20)9-12(13)16/h3-4,9-10H,5-8H2,1-2H3,(H2,17,20). The lowest BCUT2D eigenvalue weighted by molar-refractivity contribution is -0.134. The zero-order chi connectivity index (χ0) is 15.6. The fraction of sp³-hybridized carbons (Fsp3) is 0.467. The number of nitrogens with zero attached hydrogens (tertiary/aromatic N) is 2. The van der Waals surface area contributed by atoms with Crippen molar-refractivity contribution in [3.05, 3.63) is 29.6 Å². The highest BCUT2D eigenvalue weighted by Gasteiger charge is 2.24. The van der Waals surface area contributed by atoms with Crippen LogP contribution in [0.1, 0.15) is 24.2 Å². The minimum absolute atomic E-state index is 0.0249. The van der Waals surface area contributed by atoms with Crippen LogP contribution in [0, 0.1) is 11.7 Å². The monoisotopic (exact) mass is 293 g/mol. The maximum Gasteiger partial charge on any atom is 0.248 e. The van der Waals surface area contributed by atoms with Gasteiger partial charge in [-0.3, -0.25) is 9.59 Å². The van der Waals surface area contributed by atoms with E-state index in [0.29, 0.717) is 31.9 Å². The molecule has 1 aromatic carbocycles. The Labute approximate surface area is 123 Å². The molecule has 1 fully saturated rings. The third kappa shape index (κ3) is 3.32. The topological polar surface area (TPSA) is 66.6 Å². The number of carbonyl (C=O) groups excluding carboxylic acids is 2. The lowest BCUT2D eigenvalue weighted by atomic mass is 10.1. The first-order chi connectivity index (χ1) is 9.90. The molecule has 0 atom stereocenters. The van der Waals surface area contributed by atoms with E-state index in [1.165, 1.54) is 6.07 Å². The van der Waals surface area contributed by atoms with E-state index in [-0.39, 0.29) is 17.4 Å². The van der Waals surface area contributed by atoms with Crippen molar-refractivity contribution >= 4 is 17.5 Å². The minimum atomic E-state index is -0.646. The number of carbonyl (C=O) groups is 2. The van der Waals surface area contributed by atoms with Gasteiger partial charge in [-0.05, 0) is 18.2 Å². The van der Waals surface area contributed by atoms with Gasteiger partial charge in [0.05, 0.1) is 5.69 Å². The molecule has 0 radical (unpaired) electrons. The molecule has 1 aliphatic rings. The van der Waals surface area contributed by atoms with Crippen LogP contribution in [-0.4, -0.2) is 42.9 Å². The van der Waals surface area contributed by atoms with Crippen molar-refractivity contribution in [2.45, 2.75) is 13.8 Å². The number of primary amides is 1. The SMILES string of the molecule is CC(C)C(=O)N1CCN(c2ccc(C(N)=O)cc2F)CC1. The third-order valence-corrected chi connectivity index (χ3v) is 3.66. The van der Waals surface area contributed by atoms with Crippen LogP contribution in [0.3, 0.4) is 0 Å². The quantitative estimate of drug-likeness (QED) is 0.911. The molecular weight excluding hydrogens is 273 g/mol. The summed E-state index contributed by atoms with van der Waals surface area (Å²) in [6.07, 6.45) is 0. The molecule has 5 nitrogen and oxygen atoms in total. The number of rotatable bonds is 3. The summed E-state index contributed by atoms with van der Waals surface area (Å²) in [7, 11) is 0. The summed E-state index contributed by atoms with van der Waals surface area (Å²) in [5.74, 6) is -1.01. The molecular formula is C15H20FN3O2. The summed E-state index contributed by atoms with van der Waals surface area (Å²) in [6.45, 7) is 6.05. The first-order valence-corrected chi connectivity index (χ1v) is 7.03. The zero-order valence-electron chi connectivity index (χ0n) is 12.3. The Balaban J connectivity index is 2.06. The molecule has 0 aliphatic carbocycles. The number of halogens is 1. The lowest BCUT2D eigenvalue weighted by Gasteiger charge is -2.37. The molecule has 0 saturated carbocycles. The second-order valence-corrected chi connectivity index (χ2v) is 5.50. The number of piperazine rings is 1. The average molecular weight is 293 g/mol. The molecule has 21 heavy (non-hydrogen) atoms. The van der Waals surface area contributed by atoms with Gasteiger partial charge < -0.3 is 15.5 Å². The van der Waals surface area contributed by atoms with Crippen LogP contribution < -0.4 is 10.6 Å². The van der Waals surface area contributed by atoms with Crippen LogP contribution >= 0.6 is 0 Å². The van der Waals surface area contributed by atoms with Crippen LogP contribution in [0.2, 0.25) is 0 Å². The Hall–Kier alpha value is -2.11. The van der Waals surface area contributed by atoms with Gasteiger partial charge in [-0.25, -0.2) is 4.39 Å². The van der Waals surface area contributed by atoms with Gasteiger partial charge >= 0.3 is 0 Å². The molecule has 2 N–H and O–H groups in total. The Morgan fingerprint density at radius 3 is 2.29 bits per heavy atom. The van der Waals surface area contributed by atoms with Crippen LogP contribution in [0.25, 0.3) is 0 Å². The summed E-state index contributed by atoms with van der Waals surface area (Å²) < 4.78 is 14.0. The largest absolute Gasteiger partial charge is 0.366 e. The smallest absolute Gasteiger partial charge is 0.248 e. The highest BCUT2D eigenvalue weighted by atomic mass is 19.1. The van der Waals surface area contributed by atoms with Gasteiger partial charge in [0.15, 0.2) is 0 Å². The highest BCUT2D eigenvalue weighted by molar-refractivity contribution is 5.93. The molecule has 6 heteroatoms. The lowest BCUT2D eigenvalue weighted by Crippen LogP contribution is -2.50. The van der Waals surface area contributed by atoms with Crippen LogP contribution in [0.15, 0.2) is 18.2 Å². The summed E-state index contributed by atoms with van der Waals surface area (Å²) in [5, 5.41) is 0. The number of hydrogen-bond donors (Lipinski definition) is 1. The van der Waals surface area contributed by atoms with Crippen molar-refractivity contribution in [3.63, 3.8) is 0 Å². The van der Waals surface area contributed by atoms with Gasteiger partial charge in [0.25, 0.3) is 0 Å². The van der Waals surface area contributed by atoms with Crippen molar-refractivity contribution in [1.82, 2.24) is 4.90 Å². The molecule has 1 saturated heterocycles. The molecule has 0 bridgehead atoms. The minimum Gasteiger partial charge on any atom is -0.366 e. The fourth-order valence-corrected chi connectivity index (χ4v) is 2.45. The van der Waals surface area contributed by atoms with E-state index in [9.17, 15) is 14.0 Å². The van der Waals surface area contributed by atoms with Crippen molar-refractivity contribution in [2.24, 2.45) is 11.7 Å². The van der Waals surface area contributed by atoms with E-state index in [1.54, 1.807) is 11.0 Å². The maximum absolute atomic E-state index is 14.0. The summed E-state index contributed by atoms with van der Waals surface area (Å²) in [6, 6.07) is 4.24. The average Bonchev–Trinajstić information content (AvgIpc) is 2.46. The number of hydrogen-bond acceptors (Lipinski definition) is 3. The van der Waals surface area contributed by atoms with Crippen molar-refractivity contribution < 1.29 is 14.0 Å². The van der Waals surface area contributed by atoms with E-state index in [4.69, 9.17) is 5.73 Å². The molecule has 0 unspecified atom stereocenters. The first-order valence-electron chi connectivity index (χ1n) is 7.03.